The Morgan fingerprint density at radius 1 is 1.16 bits per heavy atom. The fourth-order valence-corrected chi connectivity index (χ4v) is 2.75. The number of anilines is 2. The van der Waals surface area contributed by atoms with Crippen molar-refractivity contribution in [2.24, 2.45) is 0 Å². The topological polar surface area (TPSA) is 51.2 Å². The number of ether oxygens (including phenoxy) is 1. The Morgan fingerprint density at radius 2 is 1.92 bits per heavy atom. The second-order valence-corrected chi connectivity index (χ2v) is 5.57. The lowest BCUT2D eigenvalue weighted by Gasteiger charge is -2.15. The molecular formula is C20H19FN2O2. The van der Waals surface area contributed by atoms with Crippen LogP contribution in [0.1, 0.15) is 29.8 Å². The third-order valence-corrected chi connectivity index (χ3v) is 3.97. The third-order valence-electron chi connectivity index (χ3n) is 3.97. The molecule has 0 unspecified atom stereocenters. The number of hydrogen-bond donors (Lipinski definition) is 1. The SMILES string of the molecule is CCOC(=O)c1cnc2c(CC)cccc2c1Nc1ccc(F)cc1. The van der Waals surface area contributed by atoms with E-state index >= 15 is 0 Å². The Hall–Kier alpha value is -2.95. The van der Waals surface area contributed by atoms with Crippen molar-refractivity contribution in [1.29, 1.82) is 0 Å². The molecule has 0 atom stereocenters. The van der Waals surface area contributed by atoms with Crippen LogP contribution in [0.3, 0.4) is 0 Å². The van der Waals surface area contributed by atoms with Gasteiger partial charge in [-0.15, -0.1) is 0 Å². The molecule has 0 amide bonds. The molecular weight excluding hydrogens is 319 g/mol. The van der Waals surface area contributed by atoms with Gasteiger partial charge in [-0.05, 0) is 43.2 Å². The summed E-state index contributed by atoms with van der Waals surface area (Å²) in [6.45, 7) is 4.10. The number of aromatic nitrogens is 1. The molecule has 1 aromatic heterocycles. The van der Waals surface area contributed by atoms with Crippen LogP contribution in [0.5, 0.6) is 0 Å². The maximum atomic E-state index is 13.2. The lowest BCUT2D eigenvalue weighted by Crippen LogP contribution is -2.09. The minimum Gasteiger partial charge on any atom is -0.462 e. The van der Waals surface area contributed by atoms with Gasteiger partial charge in [0.05, 0.1) is 17.8 Å². The molecule has 0 spiro atoms. The number of hydrogen-bond acceptors (Lipinski definition) is 4. The molecule has 0 aliphatic rings. The van der Waals surface area contributed by atoms with Crippen LogP contribution in [0.25, 0.3) is 10.9 Å². The zero-order valence-corrected chi connectivity index (χ0v) is 14.2. The molecule has 3 rings (SSSR count). The average Bonchev–Trinajstić information content (AvgIpc) is 2.63. The third kappa shape index (κ3) is 3.45. The van der Waals surface area contributed by atoms with Gasteiger partial charge in [-0.3, -0.25) is 4.98 Å². The minimum atomic E-state index is -0.441. The smallest absolute Gasteiger partial charge is 0.341 e. The van der Waals surface area contributed by atoms with Crippen molar-refractivity contribution >= 4 is 28.2 Å². The van der Waals surface area contributed by atoms with E-state index in [0.717, 1.165) is 22.9 Å². The highest BCUT2D eigenvalue weighted by molar-refractivity contribution is 6.06. The van der Waals surface area contributed by atoms with E-state index in [1.54, 1.807) is 19.1 Å². The fourth-order valence-electron chi connectivity index (χ4n) is 2.75. The Kier molecular flexibility index (Phi) is 4.93. The van der Waals surface area contributed by atoms with Gasteiger partial charge in [0.2, 0.25) is 0 Å². The molecule has 0 bridgehead atoms. The minimum absolute atomic E-state index is 0.280. The number of nitrogens with zero attached hydrogens (tertiary/aromatic N) is 1. The number of para-hydroxylation sites is 1. The van der Waals surface area contributed by atoms with Crippen molar-refractivity contribution in [3.8, 4) is 0 Å². The molecule has 0 radical (unpaired) electrons. The van der Waals surface area contributed by atoms with E-state index in [9.17, 15) is 9.18 Å². The summed E-state index contributed by atoms with van der Waals surface area (Å²) in [5, 5.41) is 4.05. The quantitative estimate of drug-likeness (QED) is 0.675. The molecule has 25 heavy (non-hydrogen) atoms. The van der Waals surface area contributed by atoms with Crippen LogP contribution in [0.4, 0.5) is 15.8 Å². The molecule has 3 aromatic rings. The summed E-state index contributed by atoms with van der Waals surface area (Å²) in [5.41, 5.74) is 3.58. The predicted molar refractivity (Wildman–Crippen MR) is 96.8 cm³/mol. The van der Waals surface area contributed by atoms with E-state index in [4.69, 9.17) is 4.74 Å². The number of benzene rings is 2. The normalized spacial score (nSPS) is 10.7. The summed E-state index contributed by atoms with van der Waals surface area (Å²) in [7, 11) is 0. The number of aryl methyl sites for hydroxylation is 1. The van der Waals surface area contributed by atoms with Gasteiger partial charge in [-0.25, -0.2) is 9.18 Å². The summed E-state index contributed by atoms with van der Waals surface area (Å²) in [5.74, 6) is -0.757. The highest BCUT2D eigenvalue weighted by Crippen LogP contribution is 2.31. The number of halogens is 1. The van der Waals surface area contributed by atoms with E-state index in [1.807, 2.05) is 18.2 Å². The second kappa shape index (κ2) is 7.30. The Morgan fingerprint density at radius 3 is 2.60 bits per heavy atom. The average molecular weight is 338 g/mol. The van der Waals surface area contributed by atoms with Crippen LogP contribution in [0.2, 0.25) is 0 Å². The summed E-state index contributed by atoms with van der Waals surface area (Å²) in [6.07, 6.45) is 2.37. The molecule has 4 nitrogen and oxygen atoms in total. The maximum Gasteiger partial charge on any atom is 0.341 e. The molecule has 2 aromatic carbocycles. The van der Waals surface area contributed by atoms with Crippen molar-refractivity contribution in [3.63, 3.8) is 0 Å². The molecule has 1 heterocycles. The lowest BCUT2D eigenvalue weighted by atomic mass is 10.0. The van der Waals surface area contributed by atoms with Crippen molar-refractivity contribution in [1.82, 2.24) is 4.98 Å². The number of nitrogens with one attached hydrogen (secondary N) is 1. The first-order chi connectivity index (χ1) is 12.1. The maximum absolute atomic E-state index is 13.2. The molecule has 0 aliphatic carbocycles. The number of pyridine rings is 1. The van der Waals surface area contributed by atoms with Gasteiger partial charge in [0.25, 0.3) is 0 Å². The zero-order valence-electron chi connectivity index (χ0n) is 14.2. The predicted octanol–water partition coefficient (Wildman–Crippen LogP) is 4.86. The van der Waals surface area contributed by atoms with Crippen molar-refractivity contribution in [2.75, 3.05) is 11.9 Å². The van der Waals surface area contributed by atoms with E-state index in [-0.39, 0.29) is 12.4 Å². The first-order valence-electron chi connectivity index (χ1n) is 8.24. The van der Waals surface area contributed by atoms with Crippen LogP contribution in [0.15, 0.2) is 48.7 Å². The van der Waals surface area contributed by atoms with E-state index in [0.29, 0.717) is 16.9 Å². The first-order valence-corrected chi connectivity index (χ1v) is 8.24. The largest absolute Gasteiger partial charge is 0.462 e. The van der Waals surface area contributed by atoms with Crippen LogP contribution in [-0.2, 0) is 11.2 Å². The monoisotopic (exact) mass is 338 g/mol. The lowest BCUT2D eigenvalue weighted by molar-refractivity contribution is 0.0527. The highest BCUT2D eigenvalue weighted by atomic mass is 19.1. The van der Waals surface area contributed by atoms with Crippen LogP contribution >= 0.6 is 0 Å². The van der Waals surface area contributed by atoms with Crippen molar-refractivity contribution in [3.05, 3.63) is 65.6 Å². The van der Waals surface area contributed by atoms with Gasteiger partial charge in [-0.2, -0.15) is 0 Å². The molecule has 0 saturated heterocycles. The van der Waals surface area contributed by atoms with Crippen LogP contribution in [-0.4, -0.2) is 17.6 Å². The Labute approximate surface area is 145 Å². The number of rotatable bonds is 5. The molecule has 128 valence electrons. The van der Waals surface area contributed by atoms with E-state index in [1.165, 1.54) is 18.3 Å². The molecule has 0 aliphatic heterocycles. The summed E-state index contributed by atoms with van der Waals surface area (Å²) < 4.78 is 18.3. The number of carbonyl (C=O) groups is 1. The van der Waals surface area contributed by atoms with Crippen LogP contribution in [0, 0.1) is 5.82 Å². The molecule has 5 heteroatoms. The standard InChI is InChI=1S/C20H19FN2O2/c1-3-13-6-5-7-16-18(13)22-12-17(20(24)25-4-2)19(16)23-15-10-8-14(21)9-11-15/h5-12H,3-4H2,1-2H3,(H,22,23). The Bertz CT molecular complexity index is 907. The van der Waals surface area contributed by atoms with E-state index < -0.39 is 5.97 Å². The van der Waals surface area contributed by atoms with Gasteiger partial charge in [0.1, 0.15) is 11.4 Å². The molecule has 0 fully saturated rings. The first kappa shape index (κ1) is 16.9. The number of carbonyl (C=O) groups excluding carboxylic acids is 1. The second-order valence-electron chi connectivity index (χ2n) is 5.57. The summed E-state index contributed by atoms with van der Waals surface area (Å²) >= 11 is 0. The van der Waals surface area contributed by atoms with Gasteiger partial charge < -0.3 is 10.1 Å². The number of esters is 1. The van der Waals surface area contributed by atoms with Crippen molar-refractivity contribution in [2.45, 2.75) is 20.3 Å². The summed E-state index contributed by atoms with van der Waals surface area (Å²) in [4.78, 5) is 16.8. The van der Waals surface area contributed by atoms with Crippen LogP contribution < -0.4 is 5.32 Å². The van der Waals surface area contributed by atoms with E-state index in [2.05, 4.69) is 17.2 Å². The fraction of sp³-hybridized carbons (Fsp3) is 0.200. The zero-order chi connectivity index (χ0) is 17.8. The summed E-state index contributed by atoms with van der Waals surface area (Å²) in [6, 6.07) is 11.9. The highest BCUT2D eigenvalue weighted by Gasteiger charge is 2.18. The number of fused-ring (bicyclic) bond motifs is 1. The molecule has 1 N–H and O–H groups in total. The Balaban J connectivity index is 2.17. The van der Waals surface area contributed by atoms with Gasteiger partial charge in [-0.1, -0.05) is 25.1 Å². The van der Waals surface area contributed by atoms with Gasteiger partial charge in [0.15, 0.2) is 0 Å². The van der Waals surface area contributed by atoms with Crippen molar-refractivity contribution < 1.29 is 13.9 Å². The molecule has 0 saturated carbocycles. The van der Waals surface area contributed by atoms with Gasteiger partial charge >= 0.3 is 5.97 Å². The van der Waals surface area contributed by atoms with Gasteiger partial charge in [0, 0.05) is 17.3 Å².